The van der Waals surface area contributed by atoms with Crippen LogP contribution in [-0.4, -0.2) is 23.2 Å². The number of rotatable bonds is 9. The number of thiol groups is 1. The van der Waals surface area contributed by atoms with Gasteiger partial charge in [-0.3, -0.25) is 0 Å². The summed E-state index contributed by atoms with van der Waals surface area (Å²) >= 11 is 4.16. The highest BCUT2D eigenvalue weighted by atomic mass is 32.1. The van der Waals surface area contributed by atoms with Gasteiger partial charge < -0.3 is 10.0 Å². The van der Waals surface area contributed by atoms with E-state index in [0.29, 0.717) is 12.5 Å². The van der Waals surface area contributed by atoms with Crippen LogP contribution >= 0.6 is 12.6 Å². The molecule has 0 aliphatic heterocycles. The van der Waals surface area contributed by atoms with E-state index < -0.39 is 0 Å². The lowest BCUT2D eigenvalue weighted by atomic mass is 9.96. The van der Waals surface area contributed by atoms with Crippen LogP contribution in [0.4, 0.5) is 0 Å². The fourth-order valence-electron chi connectivity index (χ4n) is 2.93. The minimum absolute atomic E-state index is 0.0598. The minimum Gasteiger partial charge on any atom is -0.395 e. The van der Waals surface area contributed by atoms with E-state index in [2.05, 4.69) is 83.9 Å². The van der Waals surface area contributed by atoms with E-state index in [1.165, 1.54) is 11.1 Å². The molecule has 1 aromatic carbocycles. The summed E-state index contributed by atoms with van der Waals surface area (Å²) in [6.45, 7) is 17.7. The zero-order chi connectivity index (χ0) is 21.3. The quantitative estimate of drug-likeness (QED) is 0.362. The fraction of sp³-hybridized carbons (Fsp3) is 0.360. The van der Waals surface area contributed by atoms with Crippen molar-refractivity contribution in [1.82, 2.24) is 4.90 Å². The van der Waals surface area contributed by atoms with E-state index in [0.717, 1.165) is 28.1 Å². The summed E-state index contributed by atoms with van der Waals surface area (Å²) in [6, 6.07) is 10.3. The van der Waals surface area contributed by atoms with E-state index in [1.807, 2.05) is 24.3 Å². The van der Waals surface area contributed by atoms with Crippen LogP contribution < -0.4 is 0 Å². The number of nitrogens with zero attached hydrogens (tertiary/aromatic N) is 1. The van der Waals surface area contributed by atoms with Crippen molar-refractivity contribution in [2.75, 3.05) is 13.2 Å². The first-order valence-corrected chi connectivity index (χ1v) is 10.3. The van der Waals surface area contributed by atoms with Gasteiger partial charge >= 0.3 is 0 Å². The Morgan fingerprint density at radius 1 is 1.11 bits per heavy atom. The van der Waals surface area contributed by atoms with Crippen molar-refractivity contribution in [2.24, 2.45) is 5.92 Å². The van der Waals surface area contributed by atoms with E-state index in [4.69, 9.17) is 0 Å². The maximum atomic E-state index is 9.77. The van der Waals surface area contributed by atoms with Crippen LogP contribution in [0.5, 0.6) is 0 Å². The van der Waals surface area contributed by atoms with Gasteiger partial charge in [-0.05, 0) is 66.9 Å². The topological polar surface area (TPSA) is 23.5 Å². The molecule has 0 heterocycles. The Kier molecular flexibility index (Phi) is 10.1. The van der Waals surface area contributed by atoms with Crippen LogP contribution in [0.1, 0.15) is 47.1 Å². The van der Waals surface area contributed by atoms with Crippen molar-refractivity contribution in [3.05, 3.63) is 88.0 Å². The monoisotopic (exact) mass is 397 g/mol. The molecule has 0 saturated carbocycles. The Balaban J connectivity index is 3.49. The van der Waals surface area contributed by atoms with E-state index in [-0.39, 0.29) is 6.61 Å². The standard InChI is InChI=1S/C25H35NOS/c1-18(2)22(6)25(24-11-9-8-10-12-24)26(14-15-27)23(7)21(5)17-20(4)19(3)13-16-28/h8-13,16-18,27-28H,7,14-15H2,1-6H3/b16-13-,20-19+,21-17+,25-22+. The number of aliphatic hydroxyl groups is 1. The SMILES string of the molecule is C=C(/C(C)=C/C(C)=C(C)/C=C\S)N(CCO)/C(=C(\C)C(C)C)c1ccccc1. The largest absolute Gasteiger partial charge is 0.395 e. The molecule has 0 fully saturated rings. The Morgan fingerprint density at radius 2 is 1.71 bits per heavy atom. The van der Waals surface area contributed by atoms with Crippen molar-refractivity contribution < 1.29 is 5.11 Å². The van der Waals surface area contributed by atoms with Crippen LogP contribution in [0, 0.1) is 5.92 Å². The molecule has 2 nitrogen and oxygen atoms in total. The summed E-state index contributed by atoms with van der Waals surface area (Å²) in [4.78, 5) is 2.15. The minimum atomic E-state index is 0.0598. The summed E-state index contributed by atoms with van der Waals surface area (Å²) in [7, 11) is 0. The van der Waals surface area contributed by atoms with Crippen molar-refractivity contribution in [1.29, 1.82) is 0 Å². The van der Waals surface area contributed by atoms with Crippen LogP contribution in [0.2, 0.25) is 0 Å². The predicted octanol–water partition coefficient (Wildman–Crippen LogP) is 6.61. The summed E-state index contributed by atoms with van der Waals surface area (Å²) in [5.74, 6) is 0.387. The number of allylic oxidation sites excluding steroid dienone is 6. The third-order valence-corrected chi connectivity index (χ3v) is 5.19. The van der Waals surface area contributed by atoms with Crippen LogP contribution in [0.15, 0.2) is 82.5 Å². The third kappa shape index (κ3) is 6.57. The molecule has 0 spiro atoms. The molecule has 152 valence electrons. The van der Waals surface area contributed by atoms with Crippen LogP contribution in [0.25, 0.3) is 5.70 Å². The first-order chi connectivity index (χ1) is 13.2. The molecule has 1 N–H and O–H groups in total. The van der Waals surface area contributed by atoms with Gasteiger partial charge in [0.2, 0.25) is 0 Å². The van der Waals surface area contributed by atoms with E-state index in [9.17, 15) is 5.11 Å². The highest BCUT2D eigenvalue weighted by molar-refractivity contribution is 7.83. The highest BCUT2D eigenvalue weighted by Crippen LogP contribution is 2.32. The molecule has 0 radical (unpaired) electrons. The summed E-state index contributed by atoms with van der Waals surface area (Å²) in [6.07, 6.45) is 4.12. The normalized spacial score (nSPS) is 14.2. The van der Waals surface area contributed by atoms with E-state index in [1.54, 1.807) is 5.41 Å². The molecule has 0 amide bonds. The zero-order valence-corrected chi connectivity index (χ0v) is 19.1. The zero-order valence-electron chi connectivity index (χ0n) is 18.2. The number of aliphatic hydroxyl groups excluding tert-OH is 1. The molecular weight excluding hydrogens is 362 g/mol. The first kappa shape index (κ1) is 24.1. The van der Waals surface area contributed by atoms with Gasteiger partial charge in [0.05, 0.1) is 6.61 Å². The lowest BCUT2D eigenvalue weighted by molar-refractivity contribution is 0.262. The molecule has 28 heavy (non-hydrogen) atoms. The highest BCUT2D eigenvalue weighted by Gasteiger charge is 2.19. The molecule has 0 unspecified atom stereocenters. The van der Waals surface area contributed by atoms with Gasteiger partial charge in [0.1, 0.15) is 0 Å². The molecule has 0 aliphatic carbocycles. The Hall–Kier alpha value is -1.97. The van der Waals surface area contributed by atoms with Gasteiger partial charge in [-0.25, -0.2) is 0 Å². The maximum Gasteiger partial charge on any atom is 0.0610 e. The van der Waals surface area contributed by atoms with Gasteiger partial charge in [0.15, 0.2) is 0 Å². The van der Waals surface area contributed by atoms with E-state index >= 15 is 0 Å². The second-order valence-electron chi connectivity index (χ2n) is 7.38. The molecule has 3 heteroatoms. The molecular formula is C25H35NOS. The Labute approximate surface area is 177 Å². The maximum absolute atomic E-state index is 9.77. The number of hydrogen-bond donors (Lipinski definition) is 2. The first-order valence-electron chi connectivity index (χ1n) is 9.74. The summed E-state index contributed by atoms with van der Waals surface area (Å²) in [5.41, 5.74) is 7.83. The smallest absolute Gasteiger partial charge is 0.0610 e. The lowest BCUT2D eigenvalue weighted by Crippen LogP contribution is -2.26. The molecule has 0 bridgehead atoms. The fourth-order valence-corrected chi connectivity index (χ4v) is 3.15. The van der Waals surface area contributed by atoms with Gasteiger partial charge in [0.25, 0.3) is 0 Å². The van der Waals surface area contributed by atoms with Gasteiger partial charge in [0, 0.05) is 17.9 Å². The van der Waals surface area contributed by atoms with Gasteiger partial charge in [-0.15, -0.1) is 0 Å². The van der Waals surface area contributed by atoms with Crippen molar-refractivity contribution >= 4 is 18.3 Å². The number of hydrogen-bond acceptors (Lipinski definition) is 3. The van der Waals surface area contributed by atoms with Crippen molar-refractivity contribution in [2.45, 2.75) is 41.5 Å². The van der Waals surface area contributed by atoms with Crippen LogP contribution in [0.3, 0.4) is 0 Å². The second kappa shape index (κ2) is 11.8. The molecule has 0 atom stereocenters. The molecule has 0 aliphatic rings. The molecule has 1 rings (SSSR count). The molecule has 1 aromatic rings. The lowest BCUT2D eigenvalue weighted by Gasteiger charge is -2.32. The van der Waals surface area contributed by atoms with Crippen LogP contribution in [-0.2, 0) is 0 Å². The molecule has 0 saturated heterocycles. The Morgan fingerprint density at radius 3 is 2.21 bits per heavy atom. The third-order valence-electron chi connectivity index (χ3n) is 5.04. The van der Waals surface area contributed by atoms with Crippen molar-refractivity contribution in [3.8, 4) is 0 Å². The van der Waals surface area contributed by atoms with Gasteiger partial charge in [-0.1, -0.05) is 62.9 Å². The molecule has 0 aromatic heterocycles. The van der Waals surface area contributed by atoms with Gasteiger partial charge in [-0.2, -0.15) is 12.6 Å². The average molecular weight is 398 g/mol. The second-order valence-corrected chi connectivity index (χ2v) is 7.68. The Bertz CT molecular complexity index is 782. The summed E-state index contributed by atoms with van der Waals surface area (Å²) < 4.78 is 0. The number of benzene rings is 1. The summed E-state index contributed by atoms with van der Waals surface area (Å²) in [5, 5.41) is 11.5. The van der Waals surface area contributed by atoms with Crippen molar-refractivity contribution in [3.63, 3.8) is 0 Å². The predicted molar refractivity (Wildman–Crippen MR) is 127 cm³/mol. The average Bonchev–Trinajstić information content (AvgIpc) is 2.67.